The molecule has 4 aromatic rings. The monoisotopic (exact) mass is 543 g/mol. The number of fused-ring (bicyclic) bond motifs is 1. The molecule has 38 heavy (non-hydrogen) atoms. The summed E-state index contributed by atoms with van der Waals surface area (Å²) >= 11 is 6.03. The molecular formula is C27H17ClF3NO6. The minimum atomic E-state index is -4.90. The van der Waals surface area contributed by atoms with E-state index in [1.165, 1.54) is 25.3 Å². The molecule has 1 unspecified atom stereocenters. The lowest BCUT2D eigenvalue weighted by Crippen LogP contribution is -2.31. The van der Waals surface area contributed by atoms with Gasteiger partial charge in [-0.25, -0.2) is 0 Å². The third-order valence-corrected chi connectivity index (χ3v) is 6.15. The fourth-order valence-electron chi connectivity index (χ4n) is 4.30. The number of hydrogen-bond donors (Lipinski definition) is 1. The number of methoxy groups -OCH3 is 1. The van der Waals surface area contributed by atoms with Crippen molar-refractivity contribution >= 4 is 39.9 Å². The number of benzene rings is 3. The molecule has 0 saturated carbocycles. The van der Waals surface area contributed by atoms with Crippen molar-refractivity contribution in [2.24, 2.45) is 0 Å². The molecule has 1 aliphatic heterocycles. The Morgan fingerprint density at radius 1 is 1.03 bits per heavy atom. The molecule has 1 aliphatic rings. The molecule has 194 valence electrons. The van der Waals surface area contributed by atoms with Gasteiger partial charge in [-0.3, -0.25) is 14.5 Å². The van der Waals surface area contributed by atoms with Gasteiger partial charge in [-0.1, -0.05) is 23.7 Å². The fourth-order valence-corrected chi connectivity index (χ4v) is 4.48. The molecular weight excluding hydrogens is 527 g/mol. The van der Waals surface area contributed by atoms with Crippen LogP contribution in [0.1, 0.15) is 22.2 Å². The van der Waals surface area contributed by atoms with Gasteiger partial charge in [0.15, 0.2) is 11.5 Å². The van der Waals surface area contributed by atoms with E-state index in [9.17, 15) is 27.9 Å². The van der Waals surface area contributed by atoms with Gasteiger partial charge < -0.3 is 19.0 Å². The first-order chi connectivity index (χ1) is 18.1. The number of aliphatic hydroxyl groups is 1. The summed E-state index contributed by atoms with van der Waals surface area (Å²) in [6.07, 6.45) is -4.90. The van der Waals surface area contributed by atoms with Crippen molar-refractivity contribution in [2.45, 2.75) is 12.4 Å². The molecule has 0 aliphatic carbocycles. The van der Waals surface area contributed by atoms with Crippen molar-refractivity contribution in [1.82, 2.24) is 0 Å². The predicted molar refractivity (Wildman–Crippen MR) is 132 cm³/mol. The highest BCUT2D eigenvalue weighted by molar-refractivity contribution is 6.31. The Morgan fingerprint density at radius 3 is 2.45 bits per heavy atom. The summed E-state index contributed by atoms with van der Waals surface area (Å²) in [5, 5.41) is 11.9. The Bertz CT molecular complexity index is 1590. The largest absolute Gasteiger partial charge is 0.573 e. The molecule has 1 N–H and O–H groups in total. The molecule has 7 nitrogen and oxygen atoms in total. The minimum Gasteiger partial charge on any atom is -0.503 e. The Balaban J connectivity index is 1.61. The molecule has 2 heterocycles. The van der Waals surface area contributed by atoms with E-state index in [-0.39, 0.29) is 17.0 Å². The van der Waals surface area contributed by atoms with Crippen molar-refractivity contribution < 1.29 is 41.8 Å². The molecule has 3 aromatic carbocycles. The molecule has 0 saturated heterocycles. The number of furan rings is 1. The second-order valence-electron chi connectivity index (χ2n) is 8.28. The van der Waals surface area contributed by atoms with Gasteiger partial charge in [-0.2, -0.15) is 0 Å². The molecule has 0 spiro atoms. The van der Waals surface area contributed by atoms with Crippen LogP contribution in [-0.2, 0) is 4.79 Å². The van der Waals surface area contributed by atoms with Crippen LogP contribution in [0.2, 0.25) is 5.02 Å². The maximum Gasteiger partial charge on any atom is 0.573 e. The highest BCUT2D eigenvalue weighted by atomic mass is 35.5. The van der Waals surface area contributed by atoms with E-state index < -0.39 is 35.6 Å². The van der Waals surface area contributed by atoms with Gasteiger partial charge in [0.2, 0.25) is 5.78 Å². The smallest absolute Gasteiger partial charge is 0.503 e. The van der Waals surface area contributed by atoms with Crippen LogP contribution < -0.4 is 14.4 Å². The van der Waals surface area contributed by atoms with Crippen molar-refractivity contribution in [3.8, 4) is 11.5 Å². The van der Waals surface area contributed by atoms with Crippen LogP contribution >= 0.6 is 11.6 Å². The molecule has 0 bridgehead atoms. The van der Waals surface area contributed by atoms with Crippen LogP contribution in [-0.4, -0.2) is 30.3 Å². The van der Waals surface area contributed by atoms with Crippen molar-refractivity contribution in [3.05, 3.63) is 100 Å². The zero-order valence-corrected chi connectivity index (χ0v) is 20.2. The Labute approximate surface area is 218 Å². The second kappa shape index (κ2) is 9.46. The summed E-state index contributed by atoms with van der Waals surface area (Å²) in [7, 11) is 1.44. The number of aliphatic hydroxyl groups excluding tert-OH is 1. The van der Waals surface area contributed by atoms with E-state index in [0.29, 0.717) is 27.3 Å². The lowest BCUT2D eigenvalue weighted by Gasteiger charge is -2.27. The number of ketones is 1. The normalized spacial score (nSPS) is 15.9. The van der Waals surface area contributed by atoms with Crippen molar-refractivity contribution in [2.75, 3.05) is 12.0 Å². The number of hydrogen-bond acceptors (Lipinski definition) is 6. The van der Waals surface area contributed by atoms with Gasteiger partial charge >= 0.3 is 6.36 Å². The molecule has 1 aromatic heterocycles. The van der Waals surface area contributed by atoms with Crippen LogP contribution in [0.25, 0.3) is 11.0 Å². The quantitative estimate of drug-likeness (QED) is 0.270. The average Bonchev–Trinajstić information content (AvgIpc) is 3.41. The number of ether oxygens (including phenoxy) is 2. The number of amides is 1. The highest BCUT2D eigenvalue weighted by Crippen LogP contribution is 2.43. The van der Waals surface area contributed by atoms with E-state index in [2.05, 4.69) is 4.74 Å². The third-order valence-electron chi connectivity index (χ3n) is 5.91. The Morgan fingerprint density at radius 2 is 1.76 bits per heavy atom. The molecule has 1 amide bonds. The molecule has 1 atom stereocenters. The Hall–Kier alpha value is -4.44. The molecule has 5 rings (SSSR count). The molecule has 0 radical (unpaired) electrons. The topological polar surface area (TPSA) is 89.2 Å². The van der Waals surface area contributed by atoms with Crippen LogP contribution in [0, 0.1) is 0 Å². The van der Waals surface area contributed by atoms with E-state index in [1.807, 2.05) is 0 Å². The molecule has 0 fully saturated rings. The summed E-state index contributed by atoms with van der Waals surface area (Å²) in [4.78, 5) is 28.1. The maximum atomic E-state index is 13.7. The van der Waals surface area contributed by atoms with Gasteiger partial charge in [0.25, 0.3) is 5.91 Å². The van der Waals surface area contributed by atoms with Gasteiger partial charge in [0, 0.05) is 16.1 Å². The van der Waals surface area contributed by atoms with E-state index in [1.54, 1.807) is 42.5 Å². The predicted octanol–water partition coefficient (Wildman–Crippen LogP) is 6.78. The van der Waals surface area contributed by atoms with E-state index >= 15 is 0 Å². The summed E-state index contributed by atoms with van der Waals surface area (Å²) in [5.41, 5.74) is 0.615. The maximum absolute atomic E-state index is 13.7. The Kier molecular flexibility index (Phi) is 6.28. The number of rotatable bonds is 6. The fraction of sp³-hybridized carbons (Fsp3) is 0.111. The lowest BCUT2D eigenvalue weighted by molar-refractivity contribution is -0.274. The number of halogens is 4. The van der Waals surface area contributed by atoms with Crippen molar-refractivity contribution in [1.29, 1.82) is 0 Å². The van der Waals surface area contributed by atoms with Crippen LogP contribution in [0.5, 0.6) is 11.5 Å². The van der Waals surface area contributed by atoms with Gasteiger partial charge in [-0.15, -0.1) is 13.2 Å². The van der Waals surface area contributed by atoms with Gasteiger partial charge in [-0.05, 0) is 66.2 Å². The minimum absolute atomic E-state index is 0.114. The SMILES string of the molecule is COc1cccc(C2C(C(=O)c3cc4cc(Cl)ccc4o3)=C(O)C(=O)N2c2ccc(OC(F)(F)F)cc2)c1. The van der Waals surface area contributed by atoms with E-state index in [4.69, 9.17) is 20.8 Å². The van der Waals surface area contributed by atoms with Crippen LogP contribution in [0.15, 0.2) is 88.5 Å². The standard InChI is InChI=1S/C27H17ClF3NO6/c1-36-19-4-2-3-14(12-19)23-22(24(33)21-13-15-11-16(28)5-10-20(15)37-21)25(34)26(35)32(23)17-6-8-18(9-7-17)38-27(29,30)31/h2-13,23,34H,1H3. The van der Waals surface area contributed by atoms with Crippen LogP contribution in [0.3, 0.4) is 0 Å². The highest BCUT2D eigenvalue weighted by Gasteiger charge is 2.45. The molecule has 11 heteroatoms. The summed E-state index contributed by atoms with van der Waals surface area (Å²) in [6.45, 7) is 0. The summed E-state index contributed by atoms with van der Waals surface area (Å²) < 4.78 is 52.7. The van der Waals surface area contributed by atoms with E-state index in [0.717, 1.165) is 17.0 Å². The number of carbonyl (C=O) groups excluding carboxylic acids is 2. The second-order valence-corrected chi connectivity index (χ2v) is 8.72. The number of anilines is 1. The average molecular weight is 544 g/mol. The van der Waals surface area contributed by atoms with Gasteiger partial charge in [0.05, 0.1) is 18.7 Å². The zero-order chi connectivity index (χ0) is 27.2. The number of alkyl halides is 3. The summed E-state index contributed by atoms with van der Waals surface area (Å²) in [6, 6.07) is 16.0. The number of Topliss-reactive ketones (excluding diaryl/α,β-unsaturated/α-hetero) is 1. The zero-order valence-electron chi connectivity index (χ0n) is 19.5. The third kappa shape index (κ3) is 4.66. The van der Waals surface area contributed by atoms with Gasteiger partial charge in [0.1, 0.15) is 17.1 Å². The van der Waals surface area contributed by atoms with Crippen molar-refractivity contribution in [3.63, 3.8) is 0 Å². The lowest BCUT2D eigenvalue weighted by atomic mass is 9.94. The number of nitrogens with zero attached hydrogens (tertiary/aromatic N) is 1. The van der Waals surface area contributed by atoms with Crippen LogP contribution in [0.4, 0.5) is 18.9 Å². The first-order valence-corrected chi connectivity index (χ1v) is 11.4. The first-order valence-electron chi connectivity index (χ1n) is 11.1. The summed E-state index contributed by atoms with van der Waals surface area (Å²) in [5.74, 6) is -2.72. The first kappa shape index (κ1) is 25.2. The number of carbonyl (C=O) groups is 2.